The first kappa shape index (κ1) is 27.9. The van der Waals surface area contributed by atoms with E-state index in [2.05, 4.69) is 4.90 Å². The number of morpholine rings is 1. The predicted octanol–water partition coefficient (Wildman–Crippen LogP) is 5.45. The maximum atomic E-state index is 11.7. The summed E-state index contributed by atoms with van der Waals surface area (Å²) in [6.07, 6.45) is 0. The van der Waals surface area contributed by atoms with Crippen molar-refractivity contribution in [3.63, 3.8) is 0 Å². The maximum Gasteiger partial charge on any atom is 0.274 e. The summed E-state index contributed by atoms with van der Waals surface area (Å²) in [7, 11) is 0. The fourth-order valence-corrected chi connectivity index (χ4v) is 4.02. The fourth-order valence-electron chi connectivity index (χ4n) is 4.02. The summed E-state index contributed by atoms with van der Waals surface area (Å²) in [4.78, 5) is 19.0. The Kier molecular flexibility index (Phi) is 10.2. The second-order valence-electron chi connectivity index (χ2n) is 7.98. The van der Waals surface area contributed by atoms with Crippen LogP contribution in [0.4, 0.5) is 5.69 Å². The summed E-state index contributed by atoms with van der Waals surface area (Å²) < 4.78 is 17.9. The average molecular weight is 506 g/mol. The van der Waals surface area contributed by atoms with Gasteiger partial charge in [-0.1, -0.05) is 51.6 Å². The third-order valence-electron chi connectivity index (χ3n) is 5.83. The molecule has 3 aromatic carbocycles. The van der Waals surface area contributed by atoms with Crippen LogP contribution in [0.2, 0.25) is 0 Å². The molecule has 2 N–H and O–H groups in total. The summed E-state index contributed by atoms with van der Waals surface area (Å²) in [5.74, 6) is 1.32. The third-order valence-corrected chi connectivity index (χ3v) is 5.83. The van der Waals surface area contributed by atoms with Crippen molar-refractivity contribution >= 4 is 17.3 Å². The molecule has 0 saturated carbocycles. The number of carbonyl (C=O) groups is 1. The van der Waals surface area contributed by atoms with Gasteiger partial charge in [-0.3, -0.25) is 14.9 Å². The first-order chi connectivity index (χ1) is 17.7. The van der Waals surface area contributed by atoms with Crippen molar-refractivity contribution in [2.75, 3.05) is 39.5 Å². The van der Waals surface area contributed by atoms with Crippen LogP contribution in [0.3, 0.4) is 0 Å². The second kappa shape index (κ2) is 13.5. The van der Waals surface area contributed by atoms with Crippen LogP contribution in [0.25, 0.3) is 0 Å². The molecule has 37 heavy (non-hydrogen) atoms. The van der Waals surface area contributed by atoms with Crippen molar-refractivity contribution in [3.05, 3.63) is 83.4 Å². The smallest absolute Gasteiger partial charge is 0.274 e. The minimum atomic E-state index is -0.570. The molecule has 0 bridgehead atoms. The predicted molar refractivity (Wildman–Crippen MR) is 145 cm³/mol. The molecule has 0 unspecified atom stereocenters. The van der Waals surface area contributed by atoms with Gasteiger partial charge in [-0.25, -0.2) is 10.5 Å². The van der Waals surface area contributed by atoms with E-state index in [4.69, 9.17) is 24.4 Å². The number of para-hydroxylation sites is 3. The molecule has 196 valence electrons. The summed E-state index contributed by atoms with van der Waals surface area (Å²) in [5, 5.41) is 8.90. The molecule has 1 fully saturated rings. The molecule has 0 atom stereocenters. The number of nitrogens with one attached hydrogen (secondary N) is 1. The largest absolute Gasteiger partial charge is 0.488 e. The van der Waals surface area contributed by atoms with E-state index < -0.39 is 5.91 Å². The first-order valence-corrected chi connectivity index (χ1v) is 12.2. The zero-order valence-corrected chi connectivity index (χ0v) is 20.6. The molecule has 0 radical (unpaired) electrons. The van der Waals surface area contributed by atoms with E-state index in [0.29, 0.717) is 40.8 Å². The molecule has 2 heterocycles. The Morgan fingerprint density at radius 2 is 1.76 bits per heavy atom. The molecule has 2 aliphatic heterocycles. The van der Waals surface area contributed by atoms with Crippen LogP contribution in [0.5, 0.6) is 17.2 Å². The number of hydrogen-bond acceptors (Lipinski definition) is 7. The van der Waals surface area contributed by atoms with E-state index in [-0.39, 0.29) is 7.43 Å². The summed E-state index contributed by atoms with van der Waals surface area (Å²) in [5.41, 5.74) is 5.00. The van der Waals surface area contributed by atoms with Gasteiger partial charge in [0.1, 0.15) is 12.3 Å². The van der Waals surface area contributed by atoms with Gasteiger partial charge >= 0.3 is 0 Å². The van der Waals surface area contributed by atoms with Gasteiger partial charge < -0.3 is 14.2 Å². The number of fused-ring (bicyclic) bond motifs is 2. The Morgan fingerprint density at radius 3 is 2.49 bits per heavy atom. The van der Waals surface area contributed by atoms with E-state index in [1.54, 1.807) is 29.7 Å². The van der Waals surface area contributed by atoms with Gasteiger partial charge in [-0.15, -0.1) is 0 Å². The van der Waals surface area contributed by atoms with E-state index in [9.17, 15) is 4.79 Å². The van der Waals surface area contributed by atoms with Gasteiger partial charge in [0.2, 0.25) is 0 Å². The maximum absolute atomic E-state index is 11.7. The topological polar surface area (TPSA) is 92.6 Å². The van der Waals surface area contributed by atoms with Crippen molar-refractivity contribution in [1.82, 2.24) is 10.4 Å². The second-order valence-corrected chi connectivity index (χ2v) is 7.98. The van der Waals surface area contributed by atoms with E-state index in [0.717, 1.165) is 44.0 Å². The van der Waals surface area contributed by atoms with Crippen LogP contribution < -0.4 is 15.0 Å². The number of rotatable bonds is 6. The van der Waals surface area contributed by atoms with Crippen LogP contribution in [-0.2, 0) is 4.74 Å². The van der Waals surface area contributed by atoms with Crippen molar-refractivity contribution in [3.8, 4) is 17.2 Å². The van der Waals surface area contributed by atoms with Crippen molar-refractivity contribution < 1.29 is 24.2 Å². The highest BCUT2D eigenvalue weighted by Crippen LogP contribution is 2.43. The highest BCUT2D eigenvalue weighted by molar-refractivity contribution is 6.16. The Labute approximate surface area is 218 Å². The quantitative estimate of drug-likeness (QED) is 0.267. The van der Waals surface area contributed by atoms with Gasteiger partial charge in [0.25, 0.3) is 5.91 Å². The molecule has 2 aliphatic rings. The Morgan fingerprint density at radius 1 is 1.03 bits per heavy atom. The molecule has 1 saturated heterocycles. The summed E-state index contributed by atoms with van der Waals surface area (Å²) in [6.45, 7) is 8.64. The molecule has 0 aliphatic carbocycles. The minimum absolute atomic E-state index is 0. The third kappa shape index (κ3) is 6.54. The van der Waals surface area contributed by atoms with Crippen molar-refractivity contribution in [2.45, 2.75) is 21.3 Å². The standard InChI is InChI=1S/C26H25N3O5.C2H6.CH4/c30-26(28-31)19-10-8-18(9-11-19)24-20-4-3-7-23(33-17-14-29-12-15-32-16-13-29)25(20)34-22-6-2-1-5-21(22)27-24;1-2;/h1-11,31H,12-17H2,(H,28,30);1-2H3;1H4. The van der Waals surface area contributed by atoms with Gasteiger partial charge in [0, 0.05) is 36.3 Å². The van der Waals surface area contributed by atoms with Gasteiger partial charge in [0.05, 0.1) is 18.9 Å². The SMILES string of the molecule is C.CC.O=C(NO)c1ccc(C2=Nc3ccccc3Oc3c(OCCN4CCOCC4)cccc32)cc1. The Balaban J connectivity index is 0.00000124. The number of hydrogen-bond donors (Lipinski definition) is 2. The number of ether oxygens (including phenoxy) is 3. The molecule has 1 amide bonds. The molecule has 0 spiro atoms. The number of nitrogens with zero attached hydrogens (tertiary/aromatic N) is 2. The zero-order chi connectivity index (χ0) is 25.3. The van der Waals surface area contributed by atoms with E-state index in [1.165, 1.54) is 0 Å². The summed E-state index contributed by atoms with van der Waals surface area (Å²) >= 11 is 0. The van der Waals surface area contributed by atoms with Crippen LogP contribution in [0, 0.1) is 0 Å². The fraction of sp³-hybridized carbons (Fsp3) is 0.310. The molecular weight excluding hydrogens is 470 g/mol. The molecule has 0 aromatic heterocycles. The number of aliphatic imine (C=N–C) groups is 1. The highest BCUT2D eigenvalue weighted by Gasteiger charge is 2.23. The van der Waals surface area contributed by atoms with E-state index >= 15 is 0 Å². The lowest BCUT2D eigenvalue weighted by Crippen LogP contribution is -2.38. The molecule has 3 aromatic rings. The van der Waals surface area contributed by atoms with Gasteiger partial charge in [-0.05, 0) is 36.4 Å². The van der Waals surface area contributed by atoms with Crippen LogP contribution in [-0.4, -0.2) is 61.2 Å². The molecule has 8 nitrogen and oxygen atoms in total. The first-order valence-electron chi connectivity index (χ1n) is 12.2. The lowest BCUT2D eigenvalue weighted by atomic mass is 9.99. The lowest BCUT2D eigenvalue weighted by molar-refractivity contribution is 0.0321. The number of carbonyl (C=O) groups excluding carboxylic acids is 1. The van der Waals surface area contributed by atoms with Crippen LogP contribution in [0.15, 0.2) is 71.7 Å². The zero-order valence-electron chi connectivity index (χ0n) is 20.6. The van der Waals surface area contributed by atoms with E-state index in [1.807, 2.05) is 56.3 Å². The number of hydroxylamine groups is 1. The monoisotopic (exact) mass is 505 g/mol. The van der Waals surface area contributed by atoms with Crippen LogP contribution >= 0.6 is 0 Å². The van der Waals surface area contributed by atoms with Crippen molar-refractivity contribution in [2.24, 2.45) is 4.99 Å². The highest BCUT2D eigenvalue weighted by atomic mass is 16.5. The van der Waals surface area contributed by atoms with Crippen LogP contribution in [0.1, 0.15) is 42.8 Å². The van der Waals surface area contributed by atoms with Crippen molar-refractivity contribution in [1.29, 1.82) is 0 Å². The Hall–Kier alpha value is -3.72. The number of benzene rings is 3. The molecule has 5 rings (SSSR count). The van der Waals surface area contributed by atoms with Gasteiger partial charge in [-0.2, -0.15) is 0 Å². The normalized spacial score (nSPS) is 14.2. The minimum Gasteiger partial charge on any atom is -0.488 e. The Bertz CT molecular complexity index is 1200. The number of amides is 1. The van der Waals surface area contributed by atoms with Gasteiger partial charge in [0.15, 0.2) is 17.2 Å². The molecule has 8 heteroatoms. The average Bonchev–Trinajstić information content (AvgIpc) is 3.12. The molecular formula is C29H35N3O5. The summed E-state index contributed by atoms with van der Waals surface area (Å²) in [6, 6.07) is 20.2. The lowest BCUT2D eigenvalue weighted by Gasteiger charge is -2.26.